The zero-order valence-electron chi connectivity index (χ0n) is 25.0. The third-order valence-corrected chi connectivity index (χ3v) is 8.39. The number of pyridine rings is 1. The number of para-hydroxylation sites is 1. The van der Waals surface area contributed by atoms with Crippen molar-refractivity contribution in [3.63, 3.8) is 0 Å². The minimum Gasteiger partial charge on any atom is -0.512 e. The van der Waals surface area contributed by atoms with Crippen molar-refractivity contribution in [1.29, 1.82) is 0 Å². The normalized spacial score (nSPS) is 11.9. The molecule has 6 rings (SSSR count). The number of allylic oxidation sites excluding steroid dienone is 2. The first kappa shape index (κ1) is 31.4. The van der Waals surface area contributed by atoms with Crippen molar-refractivity contribution in [3.05, 3.63) is 90.3 Å². The van der Waals surface area contributed by atoms with E-state index >= 15 is 0 Å². The van der Waals surface area contributed by atoms with Crippen molar-refractivity contribution < 1.29 is 34.4 Å². The van der Waals surface area contributed by atoms with Crippen molar-refractivity contribution in [1.82, 2.24) is 4.98 Å². The second-order valence-corrected chi connectivity index (χ2v) is 10.8. The van der Waals surface area contributed by atoms with Gasteiger partial charge >= 0.3 is 0 Å². The Morgan fingerprint density at radius 1 is 0.810 bits per heavy atom. The van der Waals surface area contributed by atoms with E-state index in [0.717, 1.165) is 69.5 Å². The number of carbonyl (C=O) groups is 1. The van der Waals surface area contributed by atoms with E-state index in [4.69, 9.17) is 9.40 Å². The molecule has 1 radical (unpaired) electrons. The van der Waals surface area contributed by atoms with Gasteiger partial charge in [0.05, 0.1) is 5.76 Å². The minimum atomic E-state index is 0. The minimum absolute atomic E-state index is 0. The van der Waals surface area contributed by atoms with Crippen molar-refractivity contribution in [2.45, 2.75) is 60.3 Å². The van der Waals surface area contributed by atoms with Crippen LogP contribution in [0.1, 0.15) is 58.9 Å². The Morgan fingerprint density at radius 3 is 2.07 bits per heavy atom. The van der Waals surface area contributed by atoms with Gasteiger partial charge in [0, 0.05) is 60.4 Å². The van der Waals surface area contributed by atoms with E-state index in [0.29, 0.717) is 0 Å². The Morgan fingerprint density at radius 2 is 1.40 bits per heavy atom. The summed E-state index contributed by atoms with van der Waals surface area (Å²) in [5.41, 5.74) is 3.89. The van der Waals surface area contributed by atoms with Gasteiger partial charge in [-0.1, -0.05) is 105 Å². The molecular weight excluding hydrogens is 699 g/mol. The molecule has 42 heavy (non-hydrogen) atoms. The quantitative estimate of drug-likeness (QED) is 0.0767. The van der Waals surface area contributed by atoms with Crippen LogP contribution in [0.4, 0.5) is 0 Å². The van der Waals surface area contributed by atoms with Crippen LogP contribution in [0, 0.1) is 24.8 Å². The van der Waals surface area contributed by atoms with Gasteiger partial charge in [0.25, 0.3) is 0 Å². The third kappa shape index (κ3) is 5.86. The van der Waals surface area contributed by atoms with Gasteiger partial charge < -0.3 is 14.5 Å². The van der Waals surface area contributed by atoms with Gasteiger partial charge in [-0.2, -0.15) is 0 Å². The monoisotopic (exact) mass is 737 g/mol. The molecule has 2 aromatic heterocycles. The summed E-state index contributed by atoms with van der Waals surface area (Å²) in [6, 6.07) is 24.5. The van der Waals surface area contributed by atoms with Crippen molar-refractivity contribution >= 4 is 60.2 Å². The number of nitrogens with zero attached hydrogens (tertiary/aromatic N) is 1. The molecule has 4 nitrogen and oxygen atoms in total. The Bertz CT molecular complexity index is 1890. The molecule has 0 unspecified atom stereocenters. The van der Waals surface area contributed by atoms with Crippen LogP contribution < -0.4 is 0 Å². The topological polar surface area (TPSA) is 63.3 Å². The van der Waals surface area contributed by atoms with E-state index in [1.165, 1.54) is 22.2 Å². The second-order valence-electron chi connectivity index (χ2n) is 10.8. The Kier molecular flexibility index (Phi) is 10.2. The van der Waals surface area contributed by atoms with Gasteiger partial charge in [0.1, 0.15) is 11.2 Å². The SMILES string of the molecule is CCC(CC)C(=O)/C=C(\O)C(CC)CC.Cc1[c-]c2c(ccc3c2ncc2c4ccccc4oc23)c2ccccc12.[Ir]. The molecule has 0 spiro atoms. The number of hydrogen-bond acceptors (Lipinski definition) is 4. The first-order chi connectivity index (χ1) is 19.9. The molecule has 0 bridgehead atoms. The number of aliphatic hydroxyl groups excluding tert-OH is 1. The smallest absolute Gasteiger partial charge is 0.162 e. The zero-order chi connectivity index (χ0) is 29.1. The number of rotatable bonds is 7. The fourth-order valence-electron chi connectivity index (χ4n) is 5.86. The third-order valence-electron chi connectivity index (χ3n) is 8.39. The molecule has 1 N–H and O–H groups in total. The van der Waals surface area contributed by atoms with Gasteiger partial charge in [-0.15, -0.1) is 17.0 Å². The Labute approximate surface area is 261 Å². The average Bonchev–Trinajstić information content (AvgIpc) is 3.38. The molecule has 0 aliphatic rings. The molecule has 0 aliphatic heterocycles. The summed E-state index contributed by atoms with van der Waals surface area (Å²) < 4.78 is 6.18. The zero-order valence-corrected chi connectivity index (χ0v) is 27.4. The van der Waals surface area contributed by atoms with Gasteiger partial charge in [-0.3, -0.25) is 4.79 Å². The average molecular weight is 737 g/mol. The van der Waals surface area contributed by atoms with Gasteiger partial charge in [0.2, 0.25) is 0 Å². The second kappa shape index (κ2) is 13.6. The van der Waals surface area contributed by atoms with E-state index < -0.39 is 0 Å². The molecule has 219 valence electrons. The summed E-state index contributed by atoms with van der Waals surface area (Å²) in [6.45, 7) is 10.2. The summed E-state index contributed by atoms with van der Waals surface area (Å²) in [5, 5.41) is 17.7. The standard InChI is InChI=1S/C24H14NO.C13H24O2.Ir/c1-14-12-20-17(16-7-3-2-6-15(14)16)10-11-19-23(20)25-13-21-18-8-4-5-9-22(18)26-24(19)21;1-5-10(6-2)12(14)9-13(15)11(7-3)8-4;/h2-11,13H,1H3;9-11,14H,5-8H2,1-4H3;/q-1;;/b;12-9-;. The molecule has 0 saturated heterocycles. The molecule has 0 aliphatic carbocycles. The molecule has 0 saturated carbocycles. The van der Waals surface area contributed by atoms with Crippen LogP contribution in [0.5, 0.6) is 0 Å². The van der Waals surface area contributed by atoms with E-state index in [-0.39, 0.29) is 43.5 Å². The number of furan rings is 1. The van der Waals surface area contributed by atoms with Crippen LogP contribution in [-0.2, 0) is 24.9 Å². The maximum Gasteiger partial charge on any atom is 0.162 e. The molecule has 4 aromatic carbocycles. The number of benzene rings is 4. The van der Waals surface area contributed by atoms with E-state index in [1.807, 2.05) is 52.1 Å². The van der Waals surface area contributed by atoms with E-state index in [9.17, 15) is 9.90 Å². The summed E-state index contributed by atoms with van der Waals surface area (Å²) >= 11 is 0. The summed E-state index contributed by atoms with van der Waals surface area (Å²) in [4.78, 5) is 16.5. The largest absolute Gasteiger partial charge is 0.512 e. The molecule has 2 heterocycles. The van der Waals surface area contributed by atoms with Crippen LogP contribution >= 0.6 is 0 Å². The fourth-order valence-corrected chi connectivity index (χ4v) is 5.86. The molecule has 6 aromatic rings. The molecule has 0 atom stereocenters. The number of hydrogen-bond donors (Lipinski definition) is 1. The number of fused-ring (bicyclic) bond motifs is 9. The fraction of sp³-hybridized carbons (Fsp3) is 0.297. The van der Waals surface area contributed by atoms with Gasteiger partial charge in [-0.25, -0.2) is 0 Å². The van der Waals surface area contributed by atoms with Crippen LogP contribution in [0.25, 0.3) is 54.4 Å². The number of aromatic nitrogens is 1. The van der Waals surface area contributed by atoms with Gasteiger partial charge in [0.15, 0.2) is 5.78 Å². The molecular formula is C37H38IrNO3-. The summed E-state index contributed by atoms with van der Waals surface area (Å²) in [7, 11) is 0. The predicted molar refractivity (Wildman–Crippen MR) is 171 cm³/mol. The Balaban J connectivity index is 0.000000221. The molecule has 5 heteroatoms. The van der Waals surface area contributed by atoms with Crippen LogP contribution in [0.3, 0.4) is 0 Å². The Hall–Kier alpha value is -3.53. The summed E-state index contributed by atoms with van der Waals surface area (Å²) in [6.07, 6.45) is 6.84. The van der Waals surface area contributed by atoms with Crippen LogP contribution in [0.15, 0.2) is 83.1 Å². The van der Waals surface area contributed by atoms with E-state index in [2.05, 4.69) is 55.5 Å². The first-order valence-corrected chi connectivity index (χ1v) is 14.8. The number of aliphatic hydroxyl groups is 1. The maximum atomic E-state index is 11.7. The first-order valence-electron chi connectivity index (χ1n) is 14.8. The number of carbonyl (C=O) groups excluding carboxylic acids is 1. The van der Waals surface area contributed by atoms with Gasteiger partial charge in [-0.05, 0) is 37.3 Å². The van der Waals surface area contributed by atoms with Crippen molar-refractivity contribution in [2.75, 3.05) is 0 Å². The number of aryl methyl sites for hydroxylation is 1. The predicted octanol–water partition coefficient (Wildman–Crippen LogP) is 10.4. The van der Waals surface area contributed by atoms with Crippen molar-refractivity contribution in [3.8, 4) is 0 Å². The van der Waals surface area contributed by atoms with Crippen LogP contribution in [0.2, 0.25) is 0 Å². The van der Waals surface area contributed by atoms with E-state index in [1.54, 1.807) is 0 Å². The summed E-state index contributed by atoms with van der Waals surface area (Å²) in [5.74, 6) is 0.547. The maximum absolute atomic E-state index is 11.7. The number of ketones is 1. The molecule has 0 amide bonds. The van der Waals surface area contributed by atoms with Crippen molar-refractivity contribution in [2.24, 2.45) is 11.8 Å². The van der Waals surface area contributed by atoms with Crippen LogP contribution in [-0.4, -0.2) is 15.9 Å². The molecule has 0 fully saturated rings.